The average molecular weight is 510 g/mol. The number of esters is 2. The smallest absolute Gasteiger partial charge is 0.323 e. The first-order chi connectivity index (χ1) is 17.9. The maximum absolute atomic E-state index is 17.2. The van der Waals surface area contributed by atoms with Crippen molar-refractivity contribution in [3.63, 3.8) is 0 Å². The second-order valence-electron chi connectivity index (χ2n) is 10.2. The Kier molecular flexibility index (Phi) is 8.68. The molecule has 0 aromatic heterocycles. The molecular weight excluding hydrogens is 469 g/mol. The molecule has 5 nitrogen and oxygen atoms in total. The van der Waals surface area contributed by atoms with Gasteiger partial charge >= 0.3 is 11.9 Å². The van der Waals surface area contributed by atoms with E-state index in [9.17, 15) is 9.59 Å². The summed E-state index contributed by atoms with van der Waals surface area (Å²) in [5.41, 5.74) is 3.16. The quantitative estimate of drug-likeness (QED) is 0.140. The van der Waals surface area contributed by atoms with Crippen LogP contribution < -0.4 is 0 Å². The summed E-state index contributed by atoms with van der Waals surface area (Å²) in [5, 5.41) is 0. The van der Waals surface area contributed by atoms with Crippen LogP contribution in [0.5, 0.6) is 0 Å². The highest BCUT2D eigenvalue weighted by molar-refractivity contribution is 6.00. The Morgan fingerprint density at radius 3 is 2.08 bits per heavy atom. The lowest BCUT2D eigenvalue weighted by molar-refractivity contribution is -0.179. The maximum atomic E-state index is 17.2. The summed E-state index contributed by atoms with van der Waals surface area (Å²) in [6.45, 7) is 6.54. The molecule has 1 saturated heterocycles. The largest absolute Gasteiger partial charge is 0.465 e. The number of alkyl halides is 1. The molecular formula is C31H40FNO4. The number of hydrogen-bond acceptors (Lipinski definition) is 5. The van der Waals surface area contributed by atoms with Crippen molar-refractivity contribution >= 4 is 11.9 Å². The van der Waals surface area contributed by atoms with Crippen molar-refractivity contribution in [3.8, 4) is 11.1 Å². The number of ether oxygens (including phenoxy) is 2. The minimum Gasteiger partial charge on any atom is -0.465 e. The van der Waals surface area contributed by atoms with Crippen LogP contribution in [0.1, 0.15) is 82.4 Å². The predicted octanol–water partition coefficient (Wildman–Crippen LogP) is 6.56. The van der Waals surface area contributed by atoms with Crippen LogP contribution in [0.25, 0.3) is 11.1 Å². The molecule has 1 fully saturated rings. The average Bonchev–Trinajstić information content (AvgIpc) is 2.93. The van der Waals surface area contributed by atoms with E-state index in [0.717, 1.165) is 47.1 Å². The molecule has 0 saturated carbocycles. The highest BCUT2D eigenvalue weighted by Crippen LogP contribution is 2.56. The van der Waals surface area contributed by atoms with Gasteiger partial charge in [-0.3, -0.25) is 14.5 Å². The van der Waals surface area contributed by atoms with E-state index in [1.54, 1.807) is 18.7 Å². The molecule has 1 atom stereocenters. The fourth-order valence-electron chi connectivity index (χ4n) is 5.99. The maximum Gasteiger partial charge on any atom is 0.323 e. The summed E-state index contributed by atoms with van der Waals surface area (Å²) in [6.07, 6.45) is 7.03. The first-order valence-corrected chi connectivity index (χ1v) is 13.9. The number of carbonyl (C=O) groups excluding carboxylic acids is 2. The van der Waals surface area contributed by atoms with Crippen molar-refractivity contribution in [1.29, 1.82) is 0 Å². The molecule has 0 amide bonds. The summed E-state index contributed by atoms with van der Waals surface area (Å²) in [6, 6.07) is 13.9. The molecule has 6 heteroatoms. The van der Waals surface area contributed by atoms with E-state index in [1.807, 2.05) is 42.5 Å². The molecule has 37 heavy (non-hydrogen) atoms. The third-order valence-corrected chi connectivity index (χ3v) is 8.00. The zero-order valence-electron chi connectivity index (χ0n) is 22.5. The molecule has 2 bridgehead atoms. The molecule has 1 unspecified atom stereocenters. The topological polar surface area (TPSA) is 55.8 Å². The van der Waals surface area contributed by atoms with E-state index in [-0.39, 0.29) is 39.1 Å². The lowest BCUT2D eigenvalue weighted by atomic mass is 9.69. The Morgan fingerprint density at radius 1 is 0.865 bits per heavy atom. The summed E-state index contributed by atoms with van der Waals surface area (Å²) >= 11 is 0. The number of piperidine rings is 1. The molecule has 2 aromatic carbocycles. The van der Waals surface area contributed by atoms with Crippen molar-refractivity contribution in [1.82, 2.24) is 4.90 Å². The fraction of sp³-hybridized carbons (Fsp3) is 0.548. The third-order valence-electron chi connectivity index (χ3n) is 8.00. The molecule has 1 aliphatic heterocycles. The Bertz CT molecular complexity index is 1070. The van der Waals surface area contributed by atoms with Crippen molar-refractivity contribution in [3.05, 3.63) is 59.2 Å². The van der Waals surface area contributed by atoms with Crippen molar-refractivity contribution in [2.24, 2.45) is 5.41 Å². The van der Waals surface area contributed by atoms with Crippen LogP contribution in [0.15, 0.2) is 42.5 Å². The van der Waals surface area contributed by atoms with Crippen molar-refractivity contribution < 1.29 is 23.5 Å². The first kappa shape index (κ1) is 27.3. The summed E-state index contributed by atoms with van der Waals surface area (Å²) in [5.74, 6) is -2.84. The van der Waals surface area contributed by atoms with Crippen LogP contribution >= 0.6 is 0 Å². The van der Waals surface area contributed by atoms with Crippen LogP contribution in [0.3, 0.4) is 0 Å². The Balaban J connectivity index is 1.61. The number of fused-ring (bicyclic) bond motifs is 2. The number of unbranched alkanes of at least 4 members (excludes halogenated alkanes) is 4. The van der Waals surface area contributed by atoms with Gasteiger partial charge in [0.1, 0.15) is 0 Å². The summed E-state index contributed by atoms with van der Waals surface area (Å²) in [7, 11) is 0. The third kappa shape index (κ3) is 4.93. The first-order valence-electron chi connectivity index (χ1n) is 13.9. The van der Waals surface area contributed by atoms with Gasteiger partial charge in [0.25, 0.3) is 0 Å². The second kappa shape index (κ2) is 11.8. The van der Waals surface area contributed by atoms with Gasteiger partial charge in [0.2, 0.25) is 5.79 Å². The van der Waals surface area contributed by atoms with E-state index in [2.05, 4.69) is 6.92 Å². The molecule has 1 aliphatic carbocycles. The lowest BCUT2D eigenvalue weighted by Gasteiger charge is -2.51. The second-order valence-corrected chi connectivity index (χ2v) is 10.2. The Labute approximate surface area is 220 Å². The molecule has 2 aliphatic rings. The zero-order valence-corrected chi connectivity index (χ0v) is 22.5. The Hall–Kier alpha value is -2.73. The van der Waals surface area contributed by atoms with E-state index in [0.29, 0.717) is 0 Å². The minimum atomic E-state index is -1.71. The number of benzene rings is 2. The van der Waals surface area contributed by atoms with E-state index < -0.39 is 23.1 Å². The molecule has 0 radical (unpaired) electrons. The van der Waals surface area contributed by atoms with Gasteiger partial charge in [-0.25, -0.2) is 4.39 Å². The SMILES string of the molecule is CCCCCCCc1c2ccc(-c3ccccc3)c1C2(F)N1CCC(C(=O)OCC)(C(=O)OCC)CC1. The van der Waals surface area contributed by atoms with Crippen molar-refractivity contribution in [2.45, 2.75) is 77.9 Å². The molecule has 0 N–H and O–H groups in total. The number of rotatable bonds is 12. The van der Waals surface area contributed by atoms with Gasteiger partial charge in [-0.2, -0.15) is 0 Å². The van der Waals surface area contributed by atoms with Gasteiger partial charge in [-0.05, 0) is 56.2 Å². The van der Waals surface area contributed by atoms with Crippen LogP contribution in [0.4, 0.5) is 4.39 Å². The van der Waals surface area contributed by atoms with Gasteiger partial charge in [-0.15, -0.1) is 0 Å². The Morgan fingerprint density at radius 2 is 1.49 bits per heavy atom. The summed E-state index contributed by atoms with van der Waals surface area (Å²) < 4.78 is 27.7. The van der Waals surface area contributed by atoms with Gasteiger partial charge in [0.05, 0.1) is 13.2 Å². The summed E-state index contributed by atoms with van der Waals surface area (Å²) in [4.78, 5) is 27.6. The number of halogens is 1. The zero-order chi connectivity index (χ0) is 26.5. The number of carbonyl (C=O) groups is 2. The normalized spacial score (nSPS) is 20.2. The predicted molar refractivity (Wildman–Crippen MR) is 143 cm³/mol. The van der Waals surface area contributed by atoms with Gasteiger partial charge in [0.15, 0.2) is 5.41 Å². The highest BCUT2D eigenvalue weighted by Gasteiger charge is 2.58. The van der Waals surface area contributed by atoms with E-state index in [1.165, 1.54) is 19.3 Å². The van der Waals surface area contributed by atoms with Crippen molar-refractivity contribution in [2.75, 3.05) is 26.3 Å². The molecule has 2 aromatic rings. The minimum absolute atomic E-state index is 0.174. The number of hydrogen-bond donors (Lipinski definition) is 0. The molecule has 0 spiro atoms. The van der Waals surface area contributed by atoms with Gasteiger partial charge in [-0.1, -0.05) is 75.1 Å². The van der Waals surface area contributed by atoms with Crippen LogP contribution in [-0.4, -0.2) is 43.1 Å². The van der Waals surface area contributed by atoms with Gasteiger partial charge in [0, 0.05) is 24.2 Å². The van der Waals surface area contributed by atoms with Crippen LogP contribution in [0, 0.1) is 5.41 Å². The van der Waals surface area contributed by atoms with E-state index >= 15 is 4.39 Å². The number of likely N-dealkylation sites (tertiary alicyclic amines) is 1. The lowest BCUT2D eigenvalue weighted by Crippen LogP contribution is -2.58. The highest BCUT2D eigenvalue weighted by atomic mass is 19.1. The van der Waals surface area contributed by atoms with Crippen LogP contribution in [0.2, 0.25) is 0 Å². The number of aryl methyl sites for hydroxylation is 1. The number of nitrogens with zero attached hydrogens (tertiary/aromatic N) is 1. The van der Waals surface area contributed by atoms with E-state index in [4.69, 9.17) is 9.47 Å². The fourth-order valence-corrected chi connectivity index (χ4v) is 5.99. The molecule has 1 heterocycles. The molecule has 200 valence electrons. The van der Waals surface area contributed by atoms with Gasteiger partial charge < -0.3 is 9.47 Å². The monoisotopic (exact) mass is 509 g/mol. The molecule has 4 rings (SSSR count). The standard InChI is InChI=1S/C31H40FNO4/c1-4-7-8-9-13-16-25-26-18-17-24(23-14-11-10-12-15-23)27(25)31(26,32)33-21-19-30(20-22-33,28(34)36-5-2)29(35)37-6-3/h10-12,14-15,17-18H,4-9,13,16,19-22H2,1-3H3. The van der Waals surface area contributed by atoms with Crippen LogP contribution in [-0.2, 0) is 31.3 Å².